The summed E-state index contributed by atoms with van der Waals surface area (Å²) in [5.74, 6) is -0.366. The fourth-order valence-corrected chi connectivity index (χ4v) is 3.38. The topological polar surface area (TPSA) is 96.0 Å². The van der Waals surface area contributed by atoms with E-state index in [4.69, 9.17) is 0 Å². The zero-order chi connectivity index (χ0) is 17.3. The number of benzene rings is 1. The van der Waals surface area contributed by atoms with Gasteiger partial charge in [-0.3, -0.25) is 14.9 Å². The van der Waals surface area contributed by atoms with Crippen molar-refractivity contribution in [3.8, 4) is 5.75 Å². The molecule has 1 aromatic carbocycles. The van der Waals surface area contributed by atoms with E-state index in [1.807, 2.05) is 17.5 Å². The van der Waals surface area contributed by atoms with Crippen LogP contribution in [0.2, 0.25) is 0 Å². The Bertz CT molecular complexity index is 817. The van der Waals surface area contributed by atoms with Crippen molar-refractivity contribution < 1.29 is 14.8 Å². The Morgan fingerprint density at radius 1 is 1.50 bits per heavy atom. The van der Waals surface area contributed by atoms with Crippen molar-refractivity contribution in [2.75, 3.05) is 0 Å². The average Bonchev–Trinajstić information content (AvgIpc) is 3.23. The molecule has 2 aromatic rings. The van der Waals surface area contributed by atoms with Crippen LogP contribution in [0.25, 0.3) is 0 Å². The number of amides is 1. The Kier molecular flexibility index (Phi) is 4.30. The normalized spacial score (nSPS) is 17.0. The predicted molar refractivity (Wildman–Crippen MR) is 90.1 cm³/mol. The van der Waals surface area contributed by atoms with Crippen molar-refractivity contribution in [3.05, 3.63) is 56.3 Å². The number of hydrogen-bond donors (Lipinski definition) is 1. The van der Waals surface area contributed by atoms with Gasteiger partial charge in [0.1, 0.15) is 5.75 Å². The molecule has 0 aliphatic carbocycles. The molecule has 124 valence electrons. The summed E-state index contributed by atoms with van der Waals surface area (Å²) in [6.45, 7) is 1.74. The van der Waals surface area contributed by atoms with Crippen LogP contribution in [0, 0.1) is 10.1 Å². The molecule has 0 saturated heterocycles. The predicted octanol–water partition coefficient (Wildman–Crippen LogP) is 3.45. The highest BCUT2D eigenvalue weighted by atomic mass is 32.1. The summed E-state index contributed by atoms with van der Waals surface area (Å²) in [5, 5.41) is 28.7. The van der Waals surface area contributed by atoms with Crippen molar-refractivity contribution in [1.29, 1.82) is 0 Å². The van der Waals surface area contributed by atoms with E-state index in [1.165, 1.54) is 28.5 Å². The highest BCUT2D eigenvalue weighted by Crippen LogP contribution is 2.39. The molecule has 1 aliphatic heterocycles. The number of aromatic hydroxyl groups is 1. The van der Waals surface area contributed by atoms with Crippen molar-refractivity contribution in [1.82, 2.24) is 5.01 Å². The molecular formula is C16H15N3O4S. The van der Waals surface area contributed by atoms with Gasteiger partial charge in [0.25, 0.3) is 5.69 Å². The Hall–Kier alpha value is -2.74. The Balaban J connectivity index is 1.97. The van der Waals surface area contributed by atoms with Gasteiger partial charge < -0.3 is 5.11 Å². The zero-order valence-electron chi connectivity index (χ0n) is 12.9. The molecule has 1 amide bonds. The first-order valence-electron chi connectivity index (χ1n) is 7.42. The summed E-state index contributed by atoms with van der Waals surface area (Å²) in [6, 6.07) is 7.29. The SMILES string of the molecule is CCC(=O)N1N=C(c2cccs2)C[C@@H]1c1ccc([N+](=O)[O-])cc1O. The number of nitrogens with zero attached hydrogens (tertiary/aromatic N) is 3. The van der Waals surface area contributed by atoms with Crippen LogP contribution in [-0.2, 0) is 4.79 Å². The number of rotatable bonds is 4. The molecule has 1 aliphatic rings. The molecule has 0 bridgehead atoms. The zero-order valence-corrected chi connectivity index (χ0v) is 13.7. The van der Waals surface area contributed by atoms with Gasteiger partial charge in [-0.15, -0.1) is 11.3 Å². The molecule has 8 heteroatoms. The van der Waals surface area contributed by atoms with Gasteiger partial charge in [-0.25, -0.2) is 5.01 Å². The molecule has 0 spiro atoms. The Labute approximate surface area is 142 Å². The van der Waals surface area contributed by atoms with Crippen LogP contribution in [0.15, 0.2) is 40.8 Å². The highest BCUT2D eigenvalue weighted by molar-refractivity contribution is 7.12. The lowest BCUT2D eigenvalue weighted by Crippen LogP contribution is -2.26. The third kappa shape index (κ3) is 2.88. The lowest BCUT2D eigenvalue weighted by molar-refractivity contribution is -0.385. The molecule has 0 unspecified atom stereocenters. The van der Waals surface area contributed by atoms with Crippen LogP contribution < -0.4 is 0 Å². The molecule has 7 nitrogen and oxygen atoms in total. The number of hydrogen-bond acceptors (Lipinski definition) is 6. The number of hydrazone groups is 1. The van der Waals surface area contributed by atoms with E-state index < -0.39 is 11.0 Å². The number of nitro groups is 1. The second-order valence-electron chi connectivity index (χ2n) is 5.34. The summed E-state index contributed by atoms with van der Waals surface area (Å²) >= 11 is 1.53. The minimum absolute atomic E-state index is 0.163. The molecule has 1 atom stereocenters. The molecule has 0 fully saturated rings. The molecule has 1 N–H and O–H groups in total. The van der Waals surface area contributed by atoms with Crippen molar-refractivity contribution in [3.63, 3.8) is 0 Å². The number of non-ortho nitro benzene ring substituents is 1. The minimum atomic E-state index is -0.569. The van der Waals surface area contributed by atoms with Gasteiger partial charge in [0, 0.05) is 24.5 Å². The maximum absolute atomic E-state index is 12.2. The summed E-state index contributed by atoms with van der Waals surface area (Å²) in [6.07, 6.45) is 0.739. The maximum Gasteiger partial charge on any atom is 0.273 e. The summed E-state index contributed by atoms with van der Waals surface area (Å²) in [4.78, 5) is 23.4. The standard InChI is InChI=1S/C16H15N3O4S/c1-2-16(21)18-13(9-12(17-18)15-4-3-7-24-15)11-6-5-10(19(22)23)8-14(11)20/h3-8,13,20H,2,9H2,1H3/t13-/m1/s1. The van der Waals surface area contributed by atoms with E-state index in [-0.39, 0.29) is 23.8 Å². The Morgan fingerprint density at radius 2 is 2.29 bits per heavy atom. The van der Waals surface area contributed by atoms with Gasteiger partial charge in [-0.1, -0.05) is 13.0 Å². The molecule has 0 radical (unpaired) electrons. The second kappa shape index (κ2) is 6.40. The third-order valence-corrected chi connectivity index (χ3v) is 4.78. The van der Waals surface area contributed by atoms with E-state index in [0.717, 1.165) is 16.7 Å². The fourth-order valence-electron chi connectivity index (χ4n) is 2.66. The molecule has 1 aromatic heterocycles. The van der Waals surface area contributed by atoms with Crippen LogP contribution in [0.1, 0.15) is 36.2 Å². The van der Waals surface area contributed by atoms with Gasteiger partial charge in [-0.05, 0) is 17.5 Å². The van der Waals surface area contributed by atoms with E-state index in [9.17, 15) is 20.0 Å². The Morgan fingerprint density at radius 3 is 2.88 bits per heavy atom. The van der Waals surface area contributed by atoms with Crippen molar-refractivity contribution in [2.24, 2.45) is 5.10 Å². The van der Waals surface area contributed by atoms with E-state index >= 15 is 0 Å². The van der Waals surface area contributed by atoms with Crippen molar-refractivity contribution >= 4 is 28.6 Å². The van der Waals surface area contributed by atoms with Crippen LogP contribution >= 0.6 is 11.3 Å². The lowest BCUT2D eigenvalue weighted by Gasteiger charge is -2.22. The summed E-state index contributed by atoms with van der Waals surface area (Å²) < 4.78 is 0. The lowest BCUT2D eigenvalue weighted by atomic mass is 9.99. The van der Waals surface area contributed by atoms with Gasteiger partial charge in [0.05, 0.1) is 27.6 Å². The number of phenols is 1. The van der Waals surface area contributed by atoms with Crippen LogP contribution in [-0.4, -0.2) is 26.7 Å². The van der Waals surface area contributed by atoms with Gasteiger partial charge >= 0.3 is 0 Å². The van der Waals surface area contributed by atoms with Crippen LogP contribution in [0.4, 0.5) is 5.69 Å². The highest BCUT2D eigenvalue weighted by Gasteiger charge is 2.34. The number of thiophene rings is 1. The van der Waals surface area contributed by atoms with Gasteiger partial charge in [0.2, 0.25) is 5.91 Å². The average molecular weight is 345 g/mol. The quantitative estimate of drug-likeness (QED) is 0.678. The fraction of sp³-hybridized carbons (Fsp3) is 0.250. The van der Waals surface area contributed by atoms with Crippen molar-refractivity contribution in [2.45, 2.75) is 25.8 Å². The number of carbonyl (C=O) groups is 1. The molecule has 0 saturated carbocycles. The van der Waals surface area contributed by atoms with E-state index in [0.29, 0.717) is 12.0 Å². The third-order valence-electron chi connectivity index (χ3n) is 3.86. The molecule has 3 rings (SSSR count). The minimum Gasteiger partial charge on any atom is -0.507 e. The van der Waals surface area contributed by atoms with E-state index in [1.54, 1.807) is 6.92 Å². The van der Waals surface area contributed by atoms with Crippen LogP contribution in [0.3, 0.4) is 0 Å². The maximum atomic E-state index is 12.2. The number of nitro benzene ring substituents is 1. The van der Waals surface area contributed by atoms with Gasteiger partial charge in [-0.2, -0.15) is 5.10 Å². The smallest absolute Gasteiger partial charge is 0.273 e. The first-order chi connectivity index (χ1) is 11.5. The van der Waals surface area contributed by atoms with Gasteiger partial charge in [0.15, 0.2) is 0 Å². The monoisotopic (exact) mass is 345 g/mol. The number of carbonyl (C=O) groups excluding carboxylic acids is 1. The molecule has 2 heterocycles. The second-order valence-corrected chi connectivity index (χ2v) is 6.28. The summed E-state index contributed by atoms with van der Waals surface area (Å²) in [5.41, 5.74) is 1.04. The first kappa shape index (κ1) is 16.1. The molecule has 24 heavy (non-hydrogen) atoms. The largest absolute Gasteiger partial charge is 0.507 e. The first-order valence-corrected chi connectivity index (χ1v) is 8.30. The number of phenolic OH excluding ortho intramolecular Hbond substituents is 1. The summed E-state index contributed by atoms with van der Waals surface area (Å²) in [7, 11) is 0. The molecular weight excluding hydrogens is 330 g/mol. The van der Waals surface area contributed by atoms with E-state index in [2.05, 4.69) is 5.10 Å². The van der Waals surface area contributed by atoms with Crippen LogP contribution in [0.5, 0.6) is 5.75 Å².